The van der Waals surface area contributed by atoms with Crippen molar-refractivity contribution in [3.8, 4) is 11.5 Å². The molecular formula is C25H35FN4O4. The number of benzene rings is 1. The van der Waals surface area contributed by atoms with Gasteiger partial charge in [0.2, 0.25) is 0 Å². The number of hydrogen-bond acceptors (Lipinski definition) is 8. The minimum absolute atomic E-state index is 0.359. The van der Waals surface area contributed by atoms with Crippen molar-refractivity contribution in [1.82, 2.24) is 14.8 Å². The van der Waals surface area contributed by atoms with Gasteiger partial charge in [0.15, 0.2) is 11.5 Å². The number of aromatic nitrogens is 1. The van der Waals surface area contributed by atoms with Crippen molar-refractivity contribution in [2.45, 2.75) is 18.6 Å². The second-order valence-electron chi connectivity index (χ2n) is 9.19. The zero-order chi connectivity index (χ0) is 24.0. The summed E-state index contributed by atoms with van der Waals surface area (Å²) in [5.41, 5.74) is 0.232. The Morgan fingerprint density at radius 1 is 1.18 bits per heavy atom. The number of halogens is 1. The summed E-state index contributed by atoms with van der Waals surface area (Å²) in [7, 11) is 3.65. The van der Waals surface area contributed by atoms with Gasteiger partial charge in [-0.1, -0.05) is 6.07 Å². The largest absolute Gasteiger partial charge is 0.493 e. The molecule has 0 aliphatic carbocycles. The van der Waals surface area contributed by atoms with Gasteiger partial charge >= 0.3 is 0 Å². The Labute approximate surface area is 200 Å². The summed E-state index contributed by atoms with van der Waals surface area (Å²) in [5, 5.41) is 11.1. The van der Waals surface area contributed by atoms with Gasteiger partial charge < -0.3 is 24.2 Å². The molecule has 0 spiro atoms. The highest BCUT2D eigenvalue weighted by molar-refractivity contribution is 5.43. The lowest BCUT2D eigenvalue weighted by molar-refractivity contribution is 0.0279. The van der Waals surface area contributed by atoms with Gasteiger partial charge in [0.05, 0.1) is 32.1 Å². The zero-order valence-electron chi connectivity index (χ0n) is 20.1. The summed E-state index contributed by atoms with van der Waals surface area (Å²) in [6, 6.07) is 9.04. The molecule has 3 heterocycles. The molecule has 34 heavy (non-hydrogen) atoms. The molecule has 0 radical (unpaired) electrons. The van der Waals surface area contributed by atoms with Gasteiger partial charge in [0.1, 0.15) is 18.2 Å². The second-order valence-corrected chi connectivity index (χ2v) is 9.19. The molecule has 2 fully saturated rings. The molecule has 0 bridgehead atoms. The molecular weight excluding hydrogens is 439 g/mol. The van der Waals surface area contributed by atoms with Gasteiger partial charge in [-0.15, -0.1) is 0 Å². The second kappa shape index (κ2) is 11.3. The van der Waals surface area contributed by atoms with Crippen molar-refractivity contribution in [3.05, 3.63) is 47.9 Å². The van der Waals surface area contributed by atoms with Gasteiger partial charge in [-0.25, -0.2) is 9.37 Å². The number of rotatable bonds is 10. The summed E-state index contributed by atoms with van der Waals surface area (Å²) in [5.74, 6) is 1.77. The van der Waals surface area contributed by atoms with E-state index in [4.69, 9.17) is 14.2 Å². The van der Waals surface area contributed by atoms with E-state index >= 15 is 0 Å². The number of nitrogens with zero attached hydrogens (tertiary/aromatic N) is 4. The Hall–Kier alpha value is -2.46. The first-order chi connectivity index (χ1) is 16.4. The number of pyridine rings is 1. The summed E-state index contributed by atoms with van der Waals surface area (Å²) in [4.78, 5) is 10.6. The van der Waals surface area contributed by atoms with Gasteiger partial charge in [0, 0.05) is 45.8 Å². The van der Waals surface area contributed by atoms with Crippen molar-refractivity contribution in [2.24, 2.45) is 0 Å². The SMILES string of the molecule is COc1cc(CN(C)C[C@@]2(O)CCN(c3ccc(F)cn3)C2)ccc1OCCN1CCOCC1. The lowest BCUT2D eigenvalue weighted by Crippen LogP contribution is -2.43. The molecule has 0 amide bonds. The third kappa shape index (κ3) is 6.56. The van der Waals surface area contributed by atoms with Crippen molar-refractivity contribution < 1.29 is 23.7 Å². The van der Waals surface area contributed by atoms with E-state index in [9.17, 15) is 9.50 Å². The number of anilines is 1. The fourth-order valence-electron chi connectivity index (χ4n) is 4.65. The average Bonchev–Trinajstić information content (AvgIpc) is 3.22. The van der Waals surface area contributed by atoms with E-state index in [0.29, 0.717) is 50.8 Å². The quantitative estimate of drug-likeness (QED) is 0.561. The van der Waals surface area contributed by atoms with Crippen LogP contribution in [0.4, 0.5) is 10.2 Å². The Bertz CT molecular complexity index is 926. The molecule has 186 valence electrons. The van der Waals surface area contributed by atoms with Crippen LogP contribution < -0.4 is 14.4 Å². The maximum atomic E-state index is 13.2. The minimum atomic E-state index is -0.850. The first kappa shape index (κ1) is 24.7. The van der Waals surface area contributed by atoms with Crippen LogP contribution in [0.2, 0.25) is 0 Å². The molecule has 2 aliphatic rings. The normalized spacial score (nSPS) is 21.3. The van der Waals surface area contributed by atoms with Crippen LogP contribution in [0.3, 0.4) is 0 Å². The lowest BCUT2D eigenvalue weighted by atomic mass is 10.0. The summed E-state index contributed by atoms with van der Waals surface area (Å²) >= 11 is 0. The molecule has 2 saturated heterocycles. The molecule has 1 atom stereocenters. The monoisotopic (exact) mass is 474 g/mol. The van der Waals surface area contributed by atoms with Crippen LogP contribution in [0.25, 0.3) is 0 Å². The summed E-state index contributed by atoms with van der Waals surface area (Å²) in [6.07, 6.45) is 1.85. The maximum absolute atomic E-state index is 13.2. The third-order valence-electron chi connectivity index (χ3n) is 6.38. The number of β-amino-alcohol motifs (C(OH)–C–C–N with tert-alkyl or cyclic N) is 1. The fraction of sp³-hybridized carbons (Fsp3) is 0.560. The van der Waals surface area contributed by atoms with Crippen molar-refractivity contribution >= 4 is 5.82 Å². The highest BCUT2D eigenvalue weighted by Crippen LogP contribution is 2.30. The molecule has 2 aromatic rings. The maximum Gasteiger partial charge on any atom is 0.161 e. The topological polar surface area (TPSA) is 70.5 Å². The molecule has 1 aromatic heterocycles. The fourth-order valence-corrected chi connectivity index (χ4v) is 4.65. The van der Waals surface area contributed by atoms with E-state index < -0.39 is 5.60 Å². The number of ether oxygens (including phenoxy) is 3. The Kier molecular flexibility index (Phi) is 8.20. The molecule has 1 aromatic carbocycles. The first-order valence-electron chi connectivity index (χ1n) is 11.8. The third-order valence-corrected chi connectivity index (χ3v) is 6.38. The van der Waals surface area contributed by atoms with Crippen LogP contribution in [0.1, 0.15) is 12.0 Å². The van der Waals surface area contributed by atoms with Crippen LogP contribution in [0.5, 0.6) is 11.5 Å². The molecule has 1 N–H and O–H groups in total. The van der Waals surface area contributed by atoms with Crippen LogP contribution in [-0.2, 0) is 11.3 Å². The van der Waals surface area contributed by atoms with E-state index in [1.54, 1.807) is 13.2 Å². The van der Waals surface area contributed by atoms with Gasteiger partial charge in [-0.05, 0) is 43.3 Å². The molecule has 8 nitrogen and oxygen atoms in total. The molecule has 2 aliphatic heterocycles. The standard InChI is InChI=1S/C25H35FN4O4/c1-28(18-25(31)7-8-30(19-25)24-6-4-21(26)16-27-24)17-20-3-5-22(23(15-20)32-2)34-14-11-29-9-12-33-13-10-29/h3-6,15-16,31H,7-14,17-19H2,1-2H3/t25-/m0/s1. The average molecular weight is 475 g/mol. The van der Waals surface area contributed by atoms with Crippen molar-refractivity contribution in [3.63, 3.8) is 0 Å². The zero-order valence-corrected chi connectivity index (χ0v) is 20.1. The highest BCUT2D eigenvalue weighted by Gasteiger charge is 2.37. The first-order valence-corrected chi connectivity index (χ1v) is 11.8. The van der Waals surface area contributed by atoms with Gasteiger partial charge in [-0.3, -0.25) is 9.80 Å². The number of hydrogen-bond donors (Lipinski definition) is 1. The van der Waals surface area contributed by atoms with Gasteiger partial charge in [-0.2, -0.15) is 0 Å². The molecule has 0 unspecified atom stereocenters. The molecule has 9 heteroatoms. The smallest absolute Gasteiger partial charge is 0.161 e. The van der Waals surface area contributed by atoms with Crippen molar-refractivity contribution in [2.75, 3.05) is 78.1 Å². The predicted octanol–water partition coefficient (Wildman–Crippen LogP) is 2.01. The predicted molar refractivity (Wildman–Crippen MR) is 128 cm³/mol. The van der Waals surface area contributed by atoms with E-state index in [1.165, 1.54) is 12.3 Å². The van der Waals surface area contributed by atoms with Crippen LogP contribution in [0, 0.1) is 5.82 Å². The highest BCUT2D eigenvalue weighted by atomic mass is 19.1. The Morgan fingerprint density at radius 3 is 2.74 bits per heavy atom. The van der Waals surface area contributed by atoms with E-state index in [1.807, 2.05) is 30.1 Å². The van der Waals surface area contributed by atoms with Crippen LogP contribution in [0.15, 0.2) is 36.5 Å². The molecule has 4 rings (SSSR count). The van der Waals surface area contributed by atoms with Crippen molar-refractivity contribution in [1.29, 1.82) is 0 Å². The number of likely N-dealkylation sites (N-methyl/N-ethyl adjacent to an activating group) is 1. The van der Waals surface area contributed by atoms with E-state index in [2.05, 4.69) is 14.8 Å². The summed E-state index contributed by atoms with van der Waals surface area (Å²) < 4.78 is 30.1. The van der Waals surface area contributed by atoms with E-state index in [-0.39, 0.29) is 5.82 Å². The Balaban J connectivity index is 1.28. The van der Waals surface area contributed by atoms with E-state index in [0.717, 1.165) is 44.2 Å². The minimum Gasteiger partial charge on any atom is -0.493 e. The lowest BCUT2D eigenvalue weighted by Gasteiger charge is -2.29. The van der Waals surface area contributed by atoms with Crippen LogP contribution >= 0.6 is 0 Å². The number of morpholine rings is 1. The Morgan fingerprint density at radius 2 is 2.00 bits per heavy atom. The number of aliphatic hydroxyl groups is 1. The number of methoxy groups -OCH3 is 1. The molecule has 0 saturated carbocycles. The van der Waals surface area contributed by atoms with Crippen LogP contribution in [-0.4, -0.2) is 98.7 Å². The van der Waals surface area contributed by atoms with Gasteiger partial charge in [0.25, 0.3) is 0 Å². The summed E-state index contributed by atoms with van der Waals surface area (Å²) in [6.45, 7) is 7.24.